The molecular formula is C9H18N2O3. The molecule has 1 saturated heterocycles. The monoisotopic (exact) mass is 202 g/mol. The van der Waals surface area contributed by atoms with E-state index in [9.17, 15) is 4.79 Å². The number of ether oxygens (including phenoxy) is 1. The number of piperidine rings is 1. The molecule has 0 spiro atoms. The lowest BCUT2D eigenvalue weighted by atomic mass is 10.0. The number of carboxylic acid groups (broad SMARTS) is 1. The van der Waals surface area contributed by atoms with E-state index >= 15 is 0 Å². The van der Waals surface area contributed by atoms with E-state index in [4.69, 9.17) is 15.6 Å². The molecule has 1 heterocycles. The molecule has 1 aliphatic rings. The molecule has 0 bridgehead atoms. The summed E-state index contributed by atoms with van der Waals surface area (Å²) in [7, 11) is 0. The van der Waals surface area contributed by atoms with Crippen LogP contribution in [-0.2, 0) is 4.74 Å². The van der Waals surface area contributed by atoms with Crippen molar-refractivity contribution >= 4 is 6.09 Å². The Kier molecular flexibility index (Phi) is 3.71. The minimum atomic E-state index is -0.894. The zero-order valence-corrected chi connectivity index (χ0v) is 8.64. The summed E-state index contributed by atoms with van der Waals surface area (Å²) in [5.41, 5.74) is 5.85. The van der Waals surface area contributed by atoms with Gasteiger partial charge < -0.3 is 20.5 Å². The molecule has 0 aromatic rings. The number of amides is 1. The van der Waals surface area contributed by atoms with Gasteiger partial charge in [-0.2, -0.15) is 0 Å². The van der Waals surface area contributed by atoms with Gasteiger partial charge in [0.15, 0.2) is 0 Å². The molecule has 5 heteroatoms. The van der Waals surface area contributed by atoms with E-state index in [0.29, 0.717) is 19.5 Å². The highest BCUT2D eigenvalue weighted by molar-refractivity contribution is 5.65. The first kappa shape index (κ1) is 11.3. The Morgan fingerprint density at radius 1 is 1.64 bits per heavy atom. The summed E-state index contributed by atoms with van der Waals surface area (Å²) in [4.78, 5) is 12.1. The van der Waals surface area contributed by atoms with Gasteiger partial charge in [0.1, 0.15) is 0 Å². The van der Waals surface area contributed by atoms with Crippen LogP contribution in [0.1, 0.15) is 20.3 Å². The van der Waals surface area contributed by atoms with Crippen molar-refractivity contribution in [3.8, 4) is 0 Å². The van der Waals surface area contributed by atoms with Crippen LogP contribution in [0.25, 0.3) is 0 Å². The van der Waals surface area contributed by atoms with Crippen molar-refractivity contribution < 1.29 is 14.6 Å². The number of carbonyl (C=O) groups is 1. The van der Waals surface area contributed by atoms with E-state index in [1.165, 1.54) is 4.90 Å². The first-order chi connectivity index (χ1) is 6.50. The molecule has 0 aromatic carbocycles. The van der Waals surface area contributed by atoms with Crippen molar-refractivity contribution in [2.24, 2.45) is 5.73 Å². The van der Waals surface area contributed by atoms with Crippen molar-refractivity contribution in [3.05, 3.63) is 0 Å². The Morgan fingerprint density at radius 3 is 2.79 bits per heavy atom. The van der Waals surface area contributed by atoms with Crippen LogP contribution in [0.15, 0.2) is 0 Å². The molecule has 82 valence electrons. The minimum absolute atomic E-state index is 0.0481. The molecule has 14 heavy (non-hydrogen) atoms. The Hall–Kier alpha value is -0.810. The highest BCUT2D eigenvalue weighted by atomic mass is 16.5. The topological polar surface area (TPSA) is 75.8 Å². The standard InChI is InChI=1S/C9H18N2O3/c1-6(2)14-8-5-11(9(12)13)4-3-7(8)10/h6-8H,3-5,10H2,1-2H3,(H,12,13). The van der Waals surface area contributed by atoms with E-state index in [-0.39, 0.29) is 18.2 Å². The summed E-state index contributed by atoms with van der Waals surface area (Å²) >= 11 is 0. The minimum Gasteiger partial charge on any atom is -0.465 e. The van der Waals surface area contributed by atoms with E-state index in [1.54, 1.807) is 0 Å². The van der Waals surface area contributed by atoms with Crippen LogP contribution in [0.5, 0.6) is 0 Å². The van der Waals surface area contributed by atoms with Gasteiger partial charge in [-0.25, -0.2) is 4.79 Å². The zero-order chi connectivity index (χ0) is 10.7. The first-order valence-electron chi connectivity index (χ1n) is 4.89. The second kappa shape index (κ2) is 4.61. The molecule has 5 nitrogen and oxygen atoms in total. The molecule has 0 aliphatic carbocycles. The molecule has 2 atom stereocenters. The summed E-state index contributed by atoms with van der Waals surface area (Å²) < 4.78 is 5.55. The fourth-order valence-electron chi connectivity index (χ4n) is 1.60. The normalized spacial score (nSPS) is 28.1. The Labute approximate surface area is 83.8 Å². The summed E-state index contributed by atoms with van der Waals surface area (Å²) in [6, 6.07) is -0.0481. The highest BCUT2D eigenvalue weighted by Crippen LogP contribution is 2.14. The zero-order valence-electron chi connectivity index (χ0n) is 8.64. The van der Waals surface area contributed by atoms with E-state index in [2.05, 4.69) is 0 Å². The maximum Gasteiger partial charge on any atom is 0.407 e. The van der Waals surface area contributed by atoms with Gasteiger partial charge in [0.2, 0.25) is 0 Å². The Balaban J connectivity index is 2.50. The van der Waals surface area contributed by atoms with Crippen molar-refractivity contribution in [3.63, 3.8) is 0 Å². The van der Waals surface area contributed by atoms with Crippen LogP contribution in [0, 0.1) is 0 Å². The maximum atomic E-state index is 10.7. The molecule has 0 aromatic heterocycles. The average molecular weight is 202 g/mol. The number of nitrogens with zero attached hydrogens (tertiary/aromatic N) is 1. The number of likely N-dealkylation sites (tertiary alicyclic amines) is 1. The van der Waals surface area contributed by atoms with Crippen LogP contribution in [0.3, 0.4) is 0 Å². The largest absolute Gasteiger partial charge is 0.465 e. The Morgan fingerprint density at radius 2 is 2.29 bits per heavy atom. The van der Waals surface area contributed by atoms with E-state index in [1.807, 2.05) is 13.8 Å². The highest BCUT2D eigenvalue weighted by Gasteiger charge is 2.30. The molecule has 1 fully saturated rings. The van der Waals surface area contributed by atoms with Crippen LogP contribution in [0.2, 0.25) is 0 Å². The van der Waals surface area contributed by atoms with Gasteiger partial charge >= 0.3 is 6.09 Å². The third-order valence-corrected chi connectivity index (χ3v) is 2.33. The van der Waals surface area contributed by atoms with E-state index in [0.717, 1.165) is 0 Å². The Bertz CT molecular complexity index is 208. The number of rotatable bonds is 2. The fourth-order valence-corrected chi connectivity index (χ4v) is 1.60. The lowest BCUT2D eigenvalue weighted by Gasteiger charge is -2.36. The summed E-state index contributed by atoms with van der Waals surface area (Å²) in [6.07, 6.45) is -0.308. The summed E-state index contributed by atoms with van der Waals surface area (Å²) in [5.74, 6) is 0. The van der Waals surface area contributed by atoms with Gasteiger partial charge in [-0.1, -0.05) is 0 Å². The van der Waals surface area contributed by atoms with Gasteiger partial charge in [0, 0.05) is 12.6 Å². The van der Waals surface area contributed by atoms with Gasteiger partial charge in [-0.3, -0.25) is 0 Å². The van der Waals surface area contributed by atoms with E-state index < -0.39 is 6.09 Å². The number of hydrogen-bond acceptors (Lipinski definition) is 3. The van der Waals surface area contributed by atoms with Gasteiger partial charge in [0.05, 0.1) is 18.8 Å². The second-order valence-electron chi connectivity index (χ2n) is 3.90. The SMILES string of the molecule is CC(C)OC1CN(C(=O)O)CCC1N. The molecule has 3 N–H and O–H groups in total. The third kappa shape index (κ3) is 2.85. The second-order valence-corrected chi connectivity index (χ2v) is 3.90. The maximum absolute atomic E-state index is 10.7. The predicted molar refractivity (Wildman–Crippen MR) is 52.2 cm³/mol. The molecule has 0 saturated carbocycles. The van der Waals surface area contributed by atoms with Gasteiger partial charge in [-0.15, -0.1) is 0 Å². The quantitative estimate of drug-likeness (QED) is 0.683. The van der Waals surface area contributed by atoms with Crippen molar-refractivity contribution in [1.29, 1.82) is 0 Å². The van der Waals surface area contributed by atoms with Crippen LogP contribution < -0.4 is 5.73 Å². The molecule has 1 rings (SSSR count). The summed E-state index contributed by atoms with van der Waals surface area (Å²) in [5, 5.41) is 8.81. The van der Waals surface area contributed by atoms with Crippen molar-refractivity contribution in [1.82, 2.24) is 4.90 Å². The van der Waals surface area contributed by atoms with Gasteiger partial charge in [0.25, 0.3) is 0 Å². The van der Waals surface area contributed by atoms with Gasteiger partial charge in [-0.05, 0) is 20.3 Å². The molecule has 1 aliphatic heterocycles. The molecule has 0 radical (unpaired) electrons. The lowest BCUT2D eigenvalue weighted by Crippen LogP contribution is -2.53. The van der Waals surface area contributed by atoms with Crippen LogP contribution >= 0.6 is 0 Å². The van der Waals surface area contributed by atoms with Crippen LogP contribution in [0.4, 0.5) is 4.79 Å². The average Bonchev–Trinajstić information content (AvgIpc) is 2.07. The molecular weight excluding hydrogens is 184 g/mol. The molecule has 1 amide bonds. The third-order valence-electron chi connectivity index (χ3n) is 2.33. The summed E-state index contributed by atoms with van der Waals surface area (Å²) in [6.45, 7) is 4.74. The fraction of sp³-hybridized carbons (Fsp3) is 0.889. The number of nitrogens with two attached hydrogens (primary N) is 1. The number of hydrogen-bond donors (Lipinski definition) is 2. The van der Waals surface area contributed by atoms with Crippen molar-refractivity contribution in [2.45, 2.75) is 38.5 Å². The van der Waals surface area contributed by atoms with Crippen molar-refractivity contribution in [2.75, 3.05) is 13.1 Å². The predicted octanol–water partition coefficient (Wildman–Crippen LogP) is 0.491. The van der Waals surface area contributed by atoms with Crippen LogP contribution in [-0.4, -0.2) is 47.4 Å². The molecule has 2 unspecified atom stereocenters. The smallest absolute Gasteiger partial charge is 0.407 e. The lowest BCUT2D eigenvalue weighted by molar-refractivity contribution is -0.0396. The first-order valence-corrected chi connectivity index (χ1v) is 4.89.